The van der Waals surface area contributed by atoms with Crippen LogP contribution in [0.15, 0.2) is 48.7 Å². The Kier molecular flexibility index (Phi) is 3.90. The van der Waals surface area contributed by atoms with Crippen LogP contribution in [0.4, 0.5) is 0 Å². The standard InChI is InChI=1S/C13H8ClNO.CH3Cl/c14-11-6-3-5-10-12(16)8-9-4-1-2-7-15(9)13(10)11;1-2/h1-8H;1H3/p+1. The molecule has 0 aliphatic rings. The summed E-state index contributed by atoms with van der Waals surface area (Å²) in [5.41, 5.74) is 1.75. The summed E-state index contributed by atoms with van der Waals surface area (Å²) in [6, 6.07) is 13.0. The third-order valence-corrected chi connectivity index (χ3v) is 2.98. The minimum absolute atomic E-state index is 0.253. The predicted molar refractivity (Wildman–Crippen MR) is 75.6 cm³/mol. The number of aromatic nitrogens is 1. The lowest BCUT2D eigenvalue weighted by Gasteiger charge is -2.01. The molecule has 0 saturated carbocycles. The zero-order valence-electron chi connectivity index (χ0n) is 9.77. The van der Waals surface area contributed by atoms with Crippen molar-refractivity contribution in [3.8, 4) is 5.75 Å². The van der Waals surface area contributed by atoms with E-state index in [9.17, 15) is 5.11 Å². The van der Waals surface area contributed by atoms with Gasteiger partial charge in [0, 0.05) is 18.5 Å². The number of halogens is 2. The number of fused-ring (bicyclic) bond motifs is 3. The largest absolute Gasteiger partial charge is 0.507 e. The molecule has 1 aromatic carbocycles. The first-order valence-electron chi connectivity index (χ1n) is 5.36. The Morgan fingerprint density at radius 3 is 2.61 bits per heavy atom. The highest BCUT2D eigenvalue weighted by Gasteiger charge is 2.15. The van der Waals surface area contributed by atoms with Gasteiger partial charge in [-0.15, -0.1) is 11.6 Å². The van der Waals surface area contributed by atoms with Crippen molar-refractivity contribution in [1.29, 1.82) is 0 Å². The second kappa shape index (κ2) is 5.42. The number of benzene rings is 1. The lowest BCUT2D eigenvalue weighted by atomic mass is 10.1. The van der Waals surface area contributed by atoms with Gasteiger partial charge in [-0.05, 0) is 18.2 Å². The van der Waals surface area contributed by atoms with Crippen molar-refractivity contribution < 1.29 is 9.51 Å². The van der Waals surface area contributed by atoms with Gasteiger partial charge in [-0.25, -0.2) is 0 Å². The molecule has 0 amide bonds. The van der Waals surface area contributed by atoms with Crippen LogP contribution in [0.5, 0.6) is 5.75 Å². The Bertz CT molecular complexity index is 698. The van der Waals surface area contributed by atoms with Crippen molar-refractivity contribution in [2.24, 2.45) is 0 Å². The second-order valence-electron chi connectivity index (χ2n) is 3.66. The zero-order chi connectivity index (χ0) is 13.1. The molecular formula is C14H12Cl2NO+. The van der Waals surface area contributed by atoms with Crippen molar-refractivity contribution >= 4 is 39.6 Å². The predicted octanol–water partition coefficient (Wildman–Crippen LogP) is 3.79. The fraction of sp³-hybridized carbons (Fsp3) is 0.0714. The Hall–Kier alpha value is -1.51. The average molecular weight is 281 g/mol. The molecule has 18 heavy (non-hydrogen) atoms. The number of hydrogen-bond acceptors (Lipinski definition) is 1. The van der Waals surface area contributed by atoms with Crippen LogP contribution in [0.25, 0.3) is 16.4 Å². The first-order chi connectivity index (χ1) is 8.77. The lowest BCUT2D eigenvalue weighted by Crippen LogP contribution is -2.22. The number of pyridine rings is 2. The van der Waals surface area contributed by atoms with Gasteiger partial charge in [0.1, 0.15) is 10.8 Å². The molecule has 0 atom stereocenters. The minimum atomic E-state index is 0.253. The minimum Gasteiger partial charge on any atom is -0.507 e. The molecule has 2 nitrogen and oxygen atoms in total. The van der Waals surface area contributed by atoms with Crippen molar-refractivity contribution in [1.82, 2.24) is 0 Å². The molecule has 3 aromatic rings. The van der Waals surface area contributed by atoms with Gasteiger partial charge in [0.15, 0.2) is 6.20 Å². The molecule has 0 unspecified atom stereocenters. The number of aromatic hydroxyl groups is 1. The number of nitrogens with zero attached hydrogens (tertiary/aromatic N) is 1. The van der Waals surface area contributed by atoms with Crippen LogP contribution >= 0.6 is 23.2 Å². The summed E-state index contributed by atoms with van der Waals surface area (Å²) >= 11 is 10.8. The van der Waals surface area contributed by atoms with E-state index in [1.165, 1.54) is 6.38 Å². The van der Waals surface area contributed by atoms with Crippen molar-refractivity contribution in [3.63, 3.8) is 0 Å². The topological polar surface area (TPSA) is 24.3 Å². The summed E-state index contributed by atoms with van der Waals surface area (Å²) in [5, 5.41) is 11.3. The van der Waals surface area contributed by atoms with Gasteiger partial charge in [0.25, 0.3) is 0 Å². The molecular weight excluding hydrogens is 269 g/mol. The van der Waals surface area contributed by atoms with E-state index in [4.69, 9.17) is 11.6 Å². The van der Waals surface area contributed by atoms with E-state index in [0.717, 1.165) is 16.4 Å². The van der Waals surface area contributed by atoms with Crippen LogP contribution in [0.2, 0.25) is 5.02 Å². The van der Waals surface area contributed by atoms with Gasteiger partial charge in [0.05, 0.1) is 11.5 Å². The fourth-order valence-electron chi connectivity index (χ4n) is 1.96. The molecule has 0 aliphatic carbocycles. The Labute approximate surface area is 115 Å². The monoisotopic (exact) mass is 280 g/mol. The number of alkyl halides is 1. The van der Waals surface area contributed by atoms with Gasteiger partial charge >= 0.3 is 0 Å². The summed E-state index contributed by atoms with van der Waals surface area (Å²) in [6.45, 7) is 0. The van der Waals surface area contributed by atoms with Gasteiger partial charge in [-0.1, -0.05) is 17.7 Å². The summed E-state index contributed by atoms with van der Waals surface area (Å²) in [6.07, 6.45) is 3.41. The first-order valence-corrected chi connectivity index (χ1v) is 6.49. The second-order valence-corrected chi connectivity index (χ2v) is 4.07. The molecule has 2 heterocycles. The SMILES string of the molecule is CCl.Oc1cc2cccc[n+]2c2c(Cl)cccc12. The Morgan fingerprint density at radius 2 is 1.83 bits per heavy atom. The van der Waals surface area contributed by atoms with E-state index in [1.807, 2.05) is 47.0 Å². The van der Waals surface area contributed by atoms with Crippen LogP contribution in [0, 0.1) is 0 Å². The van der Waals surface area contributed by atoms with E-state index < -0.39 is 0 Å². The molecule has 3 rings (SSSR count). The maximum absolute atomic E-state index is 9.92. The van der Waals surface area contributed by atoms with E-state index in [2.05, 4.69) is 11.6 Å². The summed E-state index contributed by atoms with van der Waals surface area (Å²) < 4.78 is 1.97. The maximum Gasteiger partial charge on any atom is 0.240 e. The third-order valence-electron chi connectivity index (χ3n) is 2.68. The van der Waals surface area contributed by atoms with Crippen molar-refractivity contribution in [2.45, 2.75) is 0 Å². The molecule has 0 fully saturated rings. The highest BCUT2D eigenvalue weighted by atomic mass is 35.5. The molecule has 92 valence electrons. The molecule has 2 aromatic heterocycles. The van der Waals surface area contributed by atoms with Gasteiger partial charge in [-0.2, -0.15) is 4.40 Å². The summed E-state index contributed by atoms with van der Waals surface area (Å²) in [5.74, 6) is 0.253. The molecule has 4 heteroatoms. The van der Waals surface area contributed by atoms with Crippen molar-refractivity contribution in [3.05, 3.63) is 53.7 Å². The van der Waals surface area contributed by atoms with Crippen LogP contribution in [-0.2, 0) is 0 Å². The zero-order valence-corrected chi connectivity index (χ0v) is 11.3. The average Bonchev–Trinajstić information content (AvgIpc) is 2.41. The normalized spacial score (nSPS) is 10.2. The lowest BCUT2D eigenvalue weighted by molar-refractivity contribution is -0.481. The van der Waals surface area contributed by atoms with Crippen molar-refractivity contribution in [2.75, 3.05) is 6.38 Å². The molecule has 0 aliphatic heterocycles. The van der Waals surface area contributed by atoms with Crippen LogP contribution < -0.4 is 4.40 Å². The fourth-order valence-corrected chi connectivity index (χ4v) is 2.23. The molecule has 0 spiro atoms. The highest BCUT2D eigenvalue weighted by molar-refractivity contribution is 6.34. The van der Waals surface area contributed by atoms with E-state index in [1.54, 1.807) is 6.07 Å². The van der Waals surface area contributed by atoms with Crippen LogP contribution in [0.1, 0.15) is 0 Å². The Morgan fingerprint density at radius 1 is 1.06 bits per heavy atom. The quantitative estimate of drug-likeness (QED) is 0.378. The maximum atomic E-state index is 9.92. The van der Waals surface area contributed by atoms with Crippen LogP contribution in [-0.4, -0.2) is 11.5 Å². The molecule has 1 N–H and O–H groups in total. The van der Waals surface area contributed by atoms with E-state index in [0.29, 0.717) is 5.02 Å². The van der Waals surface area contributed by atoms with Gasteiger partial charge in [0.2, 0.25) is 11.0 Å². The molecule has 0 radical (unpaired) electrons. The highest BCUT2D eigenvalue weighted by Crippen LogP contribution is 2.27. The summed E-state index contributed by atoms with van der Waals surface area (Å²) in [4.78, 5) is 0. The number of rotatable bonds is 0. The molecule has 0 bridgehead atoms. The van der Waals surface area contributed by atoms with E-state index in [-0.39, 0.29) is 5.75 Å². The first kappa shape index (κ1) is 12.9. The third kappa shape index (κ3) is 2.09. The number of para-hydroxylation sites is 1. The van der Waals surface area contributed by atoms with Gasteiger partial charge < -0.3 is 5.11 Å². The van der Waals surface area contributed by atoms with Gasteiger partial charge in [-0.3, -0.25) is 0 Å². The van der Waals surface area contributed by atoms with E-state index >= 15 is 0 Å². The smallest absolute Gasteiger partial charge is 0.240 e. The van der Waals surface area contributed by atoms with Crippen LogP contribution in [0.3, 0.4) is 0 Å². The summed E-state index contributed by atoms with van der Waals surface area (Å²) in [7, 11) is 0. The number of hydrogen-bond donors (Lipinski definition) is 1. The Balaban J connectivity index is 0.000000574. The molecule has 0 saturated heterocycles.